The van der Waals surface area contributed by atoms with Gasteiger partial charge < -0.3 is 10.1 Å². The van der Waals surface area contributed by atoms with Crippen molar-refractivity contribution in [3.05, 3.63) is 30.1 Å². The lowest BCUT2D eigenvalue weighted by Gasteiger charge is -2.10. The zero-order valence-electron chi connectivity index (χ0n) is 13.6. The highest BCUT2D eigenvalue weighted by atomic mass is 32.2. The van der Waals surface area contributed by atoms with E-state index in [4.69, 9.17) is 4.74 Å². The van der Waals surface area contributed by atoms with Crippen molar-refractivity contribution in [2.75, 3.05) is 17.2 Å². The second-order valence-corrected chi connectivity index (χ2v) is 7.15. The molecule has 1 aromatic heterocycles. The van der Waals surface area contributed by atoms with Crippen LogP contribution in [0, 0.1) is 5.82 Å². The van der Waals surface area contributed by atoms with E-state index in [1.807, 2.05) is 6.92 Å². The summed E-state index contributed by atoms with van der Waals surface area (Å²) in [6.45, 7) is 3.95. The van der Waals surface area contributed by atoms with E-state index in [0.29, 0.717) is 28.2 Å². The van der Waals surface area contributed by atoms with Crippen LogP contribution in [0.5, 0.6) is 0 Å². The molecule has 0 saturated heterocycles. The standard InChI is InChI=1S/C15H17FN4O3S2/c1-3-11(12(21)23-4-2)24-15-20-19-14(25-15)18-13(22)17-10-7-5-9(16)6-8-10/h5-8,11H,3-4H2,1-2H3,(H2,17,18,19,22)/t11-/m0/s1. The first-order valence-corrected chi connectivity index (χ1v) is 9.21. The highest BCUT2D eigenvalue weighted by Crippen LogP contribution is 2.31. The fraction of sp³-hybridized carbons (Fsp3) is 0.333. The lowest BCUT2D eigenvalue weighted by Crippen LogP contribution is -2.19. The zero-order valence-corrected chi connectivity index (χ0v) is 15.2. The molecular formula is C15H17FN4O3S2. The van der Waals surface area contributed by atoms with Crippen LogP contribution in [-0.2, 0) is 9.53 Å². The molecule has 2 rings (SSSR count). The number of hydrogen-bond acceptors (Lipinski definition) is 7. The summed E-state index contributed by atoms with van der Waals surface area (Å²) < 4.78 is 18.4. The van der Waals surface area contributed by atoms with Crippen molar-refractivity contribution in [3.8, 4) is 0 Å². The number of thioether (sulfide) groups is 1. The van der Waals surface area contributed by atoms with Gasteiger partial charge in [0.2, 0.25) is 5.13 Å². The molecule has 1 atom stereocenters. The summed E-state index contributed by atoms with van der Waals surface area (Å²) in [4.78, 5) is 23.7. The first-order chi connectivity index (χ1) is 12.0. The summed E-state index contributed by atoms with van der Waals surface area (Å²) in [6, 6.07) is 4.87. The van der Waals surface area contributed by atoms with Crippen molar-refractivity contribution in [2.24, 2.45) is 0 Å². The highest BCUT2D eigenvalue weighted by molar-refractivity contribution is 8.02. The predicted molar refractivity (Wildman–Crippen MR) is 95.5 cm³/mol. The minimum absolute atomic E-state index is 0.292. The first-order valence-electron chi connectivity index (χ1n) is 7.52. The van der Waals surface area contributed by atoms with Crippen molar-refractivity contribution in [1.29, 1.82) is 0 Å². The van der Waals surface area contributed by atoms with Gasteiger partial charge in [0.1, 0.15) is 11.1 Å². The van der Waals surface area contributed by atoms with Gasteiger partial charge in [-0.25, -0.2) is 9.18 Å². The average Bonchev–Trinajstić information content (AvgIpc) is 3.01. The summed E-state index contributed by atoms with van der Waals surface area (Å²) in [7, 11) is 0. The van der Waals surface area contributed by atoms with Crippen LogP contribution in [0.15, 0.2) is 28.6 Å². The maximum absolute atomic E-state index is 12.8. The Morgan fingerprint density at radius 2 is 1.96 bits per heavy atom. The minimum atomic E-state index is -0.517. The molecule has 2 N–H and O–H groups in total. The topological polar surface area (TPSA) is 93.2 Å². The maximum Gasteiger partial charge on any atom is 0.325 e. The van der Waals surface area contributed by atoms with Gasteiger partial charge in [0.15, 0.2) is 4.34 Å². The van der Waals surface area contributed by atoms with E-state index in [2.05, 4.69) is 20.8 Å². The van der Waals surface area contributed by atoms with Crippen molar-refractivity contribution in [2.45, 2.75) is 29.9 Å². The minimum Gasteiger partial charge on any atom is -0.465 e. The van der Waals surface area contributed by atoms with Gasteiger partial charge in [0, 0.05) is 5.69 Å². The summed E-state index contributed by atoms with van der Waals surface area (Å²) >= 11 is 2.40. The molecular weight excluding hydrogens is 367 g/mol. The second kappa shape index (κ2) is 9.33. The van der Waals surface area contributed by atoms with Crippen molar-refractivity contribution in [1.82, 2.24) is 10.2 Å². The van der Waals surface area contributed by atoms with Gasteiger partial charge >= 0.3 is 12.0 Å². The molecule has 0 spiro atoms. The highest BCUT2D eigenvalue weighted by Gasteiger charge is 2.21. The third kappa shape index (κ3) is 5.98. The van der Waals surface area contributed by atoms with Crippen LogP contribution in [0.3, 0.4) is 0 Å². The normalized spacial score (nSPS) is 11.6. The maximum atomic E-state index is 12.8. The Labute approximate surface area is 152 Å². The number of amides is 2. The van der Waals surface area contributed by atoms with Gasteiger partial charge in [-0.3, -0.25) is 10.1 Å². The molecule has 134 valence electrons. The Kier molecular flexibility index (Phi) is 7.14. The SMILES string of the molecule is CCOC(=O)[C@H](CC)Sc1nnc(NC(=O)Nc2ccc(F)cc2)s1. The van der Waals surface area contributed by atoms with Crippen molar-refractivity contribution < 1.29 is 18.7 Å². The van der Waals surface area contributed by atoms with E-state index in [1.165, 1.54) is 36.0 Å². The average molecular weight is 384 g/mol. The molecule has 1 aromatic carbocycles. The Morgan fingerprint density at radius 1 is 1.24 bits per heavy atom. The van der Waals surface area contributed by atoms with Gasteiger partial charge in [-0.2, -0.15) is 0 Å². The Hall–Kier alpha value is -2.20. The van der Waals surface area contributed by atoms with Crippen LogP contribution in [0.1, 0.15) is 20.3 Å². The summed E-state index contributed by atoms with van der Waals surface area (Å²) in [5, 5.41) is 12.8. The molecule has 2 aromatic rings. The third-order valence-electron chi connectivity index (χ3n) is 2.89. The fourth-order valence-corrected chi connectivity index (χ4v) is 3.67. The number of urea groups is 1. The molecule has 2 amide bonds. The molecule has 1 heterocycles. The van der Waals surface area contributed by atoms with Crippen LogP contribution in [-0.4, -0.2) is 34.1 Å². The zero-order chi connectivity index (χ0) is 18.2. The lowest BCUT2D eigenvalue weighted by molar-refractivity contribution is -0.142. The van der Waals surface area contributed by atoms with E-state index in [1.54, 1.807) is 6.92 Å². The molecule has 0 aliphatic rings. The molecule has 0 aliphatic carbocycles. The van der Waals surface area contributed by atoms with Crippen molar-refractivity contribution in [3.63, 3.8) is 0 Å². The molecule has 25 heavy (non-hydrogen) atoms. The van der Waals surface area contributed by atoms with Crippen LogP contribution in [0.2, 0.25) is 0 Å². The van der Waals surface area contributed by atoms with E-state index in [-0.39, 0.29) is 17.0 Å². The third-order valence-corrected chi connectivity index (χ3v) is 5.16. The first kappa shape index (κ1) is 19.1. The summed E-state index contributed by atoms with van der Waals surface area (Å²) in [5.74, 6) is -0.683. The van der Waals surface area contributed by atoms with Gasteiger partial charge in [-0.05, 0) is 37.6 Å². The molecule has 0 aliphatic heterocycles. The van der Waals surface area contributed by atoms with Gasteiger partial charge in [0.05, 0.1) is 6.61 Å². The molecule has 10 heteroatoms. The number of halogens is 1. The molecule has 0 radical (unpaired) electrons. The molecule has 7 nitrogen and oxygen atoms in total. The largest absolute Gasteiger partial charge is 0.465 e. The molecule has 0 bridgehead atoms. The second-order valence-electron chi connectivity index (χ2n) is 4.73. The van der Waals surface area contributed by atoms with E-state index < -0.39 is 6.03 Å². The molecule has 0 saturated carbocycles. The van der Waals surface area contributed by atoms with E-state index >= 15 is 0 Å². The van der Waals surface area contributed by atoms with Crippen LogP contribution in [0.25, 0.3) is 0 Å². The van der Waals surface area contributed by atoms with Gasteiger partial charge in [-0.15, -0.1) is 10.2 Å². The molecule has 0 fully saturated rings. The number of ether oxygens (including phenoxy) is 1. The van der Waals surface area contributed by atoms with E-state index in [0.717, 1.165) is 11.3 Å². The number of nitrogens with one attached hydrogen (secondary N) is 2. The summed E-state index contributed by atoms with van der Waals surface area (Å²) in [5.41, 5.74) is 0.450. The van der Waals surface area contributed by atoms with Gasteiger partial charge in [-0.1, -0.05) is 30.0 Å². The Balaban J connectivity index is 1.90. The number of hydrogen-bond donors (Lipinski definition) is 2. The number of anilines is 2. The van der Waals surface area contributed by atoms with E-state index in [9.17, 15) is 14.0 Å². The number of carbonyl (C=O) groups excluding carboxylic acids is 2. The van der Waals surface area contributed by atoms with Crippen LogP contribution < -0.4 is 10.6 Å². The molecule has 0 unspecified atom stereocenters. The summed E-state index contributed by atoms with van der Waals surface area (Å²) in [6.07, 6.45) is 0.594. The fourth-order valence-electron chi connectivity index (χ4n) is 1.76. The van der Waals surface area contributed by atoms with Crippen LogP contribution in [0.4, 0.5) is 20.0 Å². The number of benzene rings is 1. The van der Waals surface area contributed by atoms with Gasteiger partial charge in [0.25, 0.3) is 0 Å². The number of esters is 1. The number of nitrogens with zero attached hydrogens (tertiary/aromatic N) is 2. The van der Waals surface area contributed by atoms with Crippen LogP contribution >= 0.6 is 23.1 Å². The Morgan fingerprint density at radius 3 is 2.60 bits per heavy atom. The monoisotopic (exact) mass is 384 g/mol. The number of rotatable bonds is 7. The lowest BCUT2D eigenvalue weighted by atomic mass is 10.3. The number of aromatic nitrogens is 2. The Bertz CT molecular complexity index is 724. The quantitative estimate of drug-likeness (QED) is 0.429. The number of carbonyl (C=O) groups is 2. The predicted octanol–water partition coefficient (Wildman–Crippen LogP) is 3.76. The van der Waals surface area contributed by atoms with Crippen molar-refractivity contribution >= 4 is 45.9 Å². The smallest absolute Gasteiger partial charge is 0.325 e.